The summed E-state index contributed by atoms with van der Waals surface area (Å²) < 4.78 is 17.0. The number of hydrogen-bond acceptors (Lipinski definition) is 4. The van der Waals surface area contributed by atoms with Gasteiger partial charge < -0.3 is 19.5 Å². The summed E-state index contributed by atoms with van der Waals surface area (Å²) in [5.74, 6) is 2.40. The molecule has 110 valence electrons. The van der Waals surface area contributed by atoms with Gasteiger partial charge in [-0.05, 0) is 25.3 Å². The molecule has 1 N–H and O–H groups in total. The lowest BCUT2D eigenvalue weighted by Crippen LogP contribution is -2.33. The second-order valence-electron chi connectivity index (χ2n) is 5.59. The van der Waals surface area contributed by atoms with Crippen LogP contribution >= 0.6 is 0 Å². The zero-order valence-corrected chi connectivity index (χ0v) is 12.1. The molecule has 0 radical (unpaired) electrons. The van der Waals surface area contributed by atoms with Crippen LogP contribution in [0.1, 0.15) is 25.3 Å². The third kappa shape index (κ3) is 3.07. The van der Waals surface area contributed by atoms with Gasteiger partial charge in [-0.25, -0.2) is 0 Å². The monoisotopic (exact) mass is 277 g/mol. The Hall–Kier alpha value is -1.26. The SMILES string of the molecule is CC(NCc1cccc2c1OCCCO2)C1CCOC1. The second-order valence-corrected chi connectivity index (χ2v) is 5.59. The normalized spacial score (nSPS) is 23.4. The molecule has 0 aromatic heterocycles. The van der Waals surface area contributed by atoms with Gasteiger partial charge in [-0.2, -0.15) is 0 Å². The summed E-state index contributed by atoms with van der Waals surface area (Å²) in [6.07, 6.45) is 2.10. The molecule has 2 aliphatic rings. The van der Waals surface area contributed by atoms with E-state index in [1.54, 1.807) is 0 Å². The molecule has 1 aromatic rings. The molecule has 1 fully saturated rings. The van der Waals surface area contributed by atoms with Crippen LogP contribution in [0.25, 0.3) is 0 Å². The molecular formula is C16H23NO3. The van der Waals surface area contributed by atoms with Crippen molar-refractivity contribution in [1.29, 1.82) is 0 Å². The minimum atomic E-state index is 0.458. The molecule has 0 amide bonds. The van der Waals surface area contributed by atoms with Gasteiger partial charge in [-0.1, -0.05) is 12.1 Å². The van der Waals surface area contributed by atoms with Crippen molar-refractivity contribution in [3.05, 3.63) is 23.8 Å². The highest BCUT2D eigenvalue weighted by atomic mass is 16.5. The lowest BCUT2D eigenvalue weighted by Gasteiger charge is -2.20. The van der Waals surface area contributed by atoms with Crippen LogP contribution in [0, 0.1) is 5.92 Å². The van der Waals surface area contributed by atoms with E-state index in [0.29, 0.717) is 12.0 Å². The second kappa shape index (κ2) is 6.46. The number of hydrogen-bond donors (Lipinski definition) is 1. The molecular weight excluding hydrogens is 254 g/mol. The highest BCUT2D eigenvalue weighted by molar-refractivity contribution is 5.47. The number of fused-ring (bicyclic) bond motifs is 1. The van der Waals surface area contributed by atoms with E-state index in [1.165, 1.54) is 5.56 Å². The molecule has 0 aliphatic carbocycles. The van der Waals surface area contributed by atoms with Crippen LogP contribution in [0.15, 0.2) is 18.2 Å². The van der Waals surface area contributed by atoms with Crippen LogP contribution in [-0.4, -0.2) is 32.5 Å². The zero-order chi connectivity index (χ0) is 13.8. The van der Waals surface area contributed by atoms with Gasteiger partial charge in [-0.3, -0.25) is 0 Å². The van der Waals surface area contributed by atoms with Crippen molar-refractivity contribution in [2.45, 2.75) is 32.4 Å². The van der Waals surface area contributed by atoms with Crippen molar-refractivity contribution >= 4 is 0 Å². The fourth-order valence-electron chi connectivity index (χ4n) is 2.78. The van der Waals surface area contributed by atoms with E-state index in [0.717, 1.165) is 57.3 Å². The van der Waals surface area contributed by atoms with Crippen molar-refractivity contribution in [1.82, 2.24) is 5.32 Å². The number of nitrogens with one attached hydrogen (secondary N) is 1. The Morgan fingerprint density at radius 1 is 1.25 bits per heavy atom. The van der Waals surface area contributed by atoms with Crippen molar-refractivity contribution in [2.75, 3.05) is 26.4 Å². The fourth-order valence-corrected chi connectivity index (χ4v) is 2.78. The summed E-state index contributed by atoms with van der Waals surface area (Å²) in [5.41, 5.74) is 1.18. The largest absolute Gasteiger partial charge is 0.490 e. The molecule has 2 atom stereocenters. The Kier molecular flexibility index (Phi) is 4.43. The number of benzene rings is 1. The van der Waals surface area contributed by atoms with Crippen molar-refractivity contribution in [3.8, 4) is 11.5 Å². The van der Waals surface area contributed by atoms with Crippen LogP contribution in [0.5, 0.6) is 11.5 Å². The number of para-hydroxylation sites is 1. The van der Waals surface area contributed by atoms with Crippen LogP contribution in [0.3, 0.4) is 0 Å². The highest BCUT2D eigenvalue weighted by Crippen LogP contribution is 2.33. The minimum absolute atomic E-state index is 0.458. The maximum absolute atomic E-state index is 5.85. The topological polar surface area (TPSA) is 39.7 Å². The first-order valence-corrected chi connectivity index (χ1v) is 7.53. The molecule has 1 aromatic carbocycles. The molecule has 4 nitrogen and oxygen atoms in total. The maximum Gasteiger partial charge on any atom is 0.165 e. The summed E-state index contributed by atoms with van der Waals surface area (Å²) in [6.45, 7) is 6.29. The Morgan fingerprint density at radius 3 is 3.00 bits per heavy atom. The summed E-state index contributed by atoms with van der Waals surface area (Å²) in [5, 5.41) is 3.60. The Morgan fingerprint density at radius 2 is 2.15 bits per heavy atom. The standard InChI is InChI=1S/C16H23NO3/c1-12(14-6-9-18-11-14)17-10-13-4-2-5-15-16(13)20-8-3-7-19-15/h2,4-5,12,14,17H,3,6-11H2,1H3. The first kappa shape index (κ1) is 13.7. The van der Waals surface area contributed by atoms with E-state index in [-0.39, 0.29) is 0 Å². The lowest BCUT2D eigenvalue weighted by atomic mass is 10.0. The van der Waals surface area contributed by atoms with E-state index >= 15 is 0 Å². The van der Waals surface area contributed by atoms with E-state index in [4.69, 9.17) is 14.2 Å². The lowest BCUT2D eigenvalue weighted by molar-refractivity contribution is 0.178. The van der Waals surface area contributed by atoms with Crippen LogP contribution in [-0.2, 0) is 11.3 Å². The summed E-state index contributed by atoms with van der Waals surface area (Å²) >= 11 is 0. The zero-order valence-electron chi connectivity index (χ0n) is 12.1. The van der Waals surface area contributed by atoms with Gasteiger partial charge in [0.2, 0.25) is 0 Å². The van der Waals surface area contributed by atoms with E-state index in [9.17, 15) is 0 Å². The first-order valence-electron chi connectivity index (χ1n) is 7.53. The predicted molar refractivity (Wildman–Crippen MR) is 77.3 cm³/mol. The molecule has 20 heavy (non-hydrogen) atoms. The molecule has 0 spiro atoms. The molecule has 2 aliphatic heterocycles. The van der Waals surface area contributed by atoms with Crippen LogP contribution in [0.4, 0.5) is 0 Å². The van der Waals surface area contributed by atoms with Gasteiger partial charge in [-0.15, -0.1) is 0 Å². The third-order valence-corrected chi connectivity index (χ3v) is 4.14. The van der Waals surface area contributed by atoms with Gasteiger partial charge in [0, 0.05) is 31.2 Å². The Balaban J connectivity index is 1.65. The average molecular weight is 277 g/mol. The maximum atomic E-state index is 5.85. The molecule has 2 unspecified atom stereocenters. The molecule has 1 saturated heterocycles. The fraction of sp³-hybridized carbons (Fsp3) is 0.625. The first-order chi connectivity index (χ1) is 9.84. The van der Waals surface area contributed by atoms with Crippen molar-refractivity contribution in [2.24, 2.45) is 5.92 Å². The number of ether oxygens (including phenoxy) is 3. The molecule has 4 heteroatoms. The van der Waals surface area contributed by atoms with Gasteiger partial charge in [0.15, 0.2) is 11.5 Å². The Bertz CT molecular complexity index is 443. The quantitative estimate of drug-likeness (QED) is 0.917. The molecule has 2 heterocycles. The smallest absolute Gasteiger partial charge is 0.165 e. The van der Waals surface area contributed by atoms with Crippen LogP contribution in [0.2, 0.25) is 0 Å². The Labute approximate surface area is 120 Å². The van der Waals surface area contributed by atoms with Gasteiger partial charge in [0.05, 0.1) is 19.8 Å². The van der Waals surface area contributed by atoms with Gasteiger partial charge >= 0.3 is 0 Å². The summed E-state index contributed by atoms with van der Waals surface area (Å²) in [4.78, 5) is 0. The van der Waals surface area contributed by atoms with Crippen LogP contribution < -0.4 is 14.8 Å². The minimum Gasteiger partial charge on any atom is -0.490 e. The molecule has 3 rings (SSSR count). The van der Waals surface area contributed by atoms with E-state index < -0.39 is 0 Å². The summed E-state index contributed by atoms with van der Waals surface area (Å²) in [6, 6.07) is 6.59. The van der Waals surface area contributed by atoms with E-state index in [2.05, 4.69) is 18.3 Å². The summed E-state index contributed by atoms with van der Waals surface area (Å²) in [7, 11) is 0. The van der Waals surface area contributed by atoms with Gasteiger partial charge in [0.25, 0.3) is 0 Å². The third-order valence-electron chi connectivity index (χ3n) is 4.14. The average Bonchev–Trinajstić information content (AvgIpc) is 2.90. The molecule has 0 bridgehead atoms. The predicted octanol–water partition coefficient (Wildman–Crippen LogP) is 2.36. The molecule has 0 saturated carbocycles. The van der Waals surface area contributed by atoms with Gasteiger partial charge in [0.1, 0.15) is 0 Å². The number of rotatable bonds is 4. The van der Waals surface area contributed by atoms with Crippen molar-refractivity contribution < 1.29 is 14.2 Å². The highest BCUT2D eigenvalue weighted by Gasteiger charge is 2.22. The van der Waals surface area contributed by atoms with E-state index in [1.807, 2.05) is 12.1 Å². The van der Waals surface area contributed by atoms with Crippen molar-refractivity contribution in [3.63, 3.8) is 0 Å².